The number of hydrogen-bond donors (Lipinski definition) is 1. The number of halogens is 3. The number of alkyl halides is 3. The zero-order valence-electron chi connectivity index (χ0n) is 23.6. The molecule has 1 saturated carbocycles. The molecule has 0 aliphatic heterocycles. The summed E-state index contributed by atoms with van der Waals surface area (Å²) in [5.74, 6) is -0.706. The minimum absolute atomic E-state index is 0.0163. The Hall–Kier alpha value is -4.87. The Morgan fingerprint density at radius 3 is 2.53 bits per heavy atom. The number of ether oxygens (including phenoxy) is 2. The van der Waals surface area contributed by atoms with Gasteiger partial charge < -0.3 is 14.6 Å². The van der Waals surface area contributed by atoms with Gasteiger partial charge >= 0.3 is 12.3 Å². The third-order valence-corrected chi connectivity index (χ3v) is 7.36. The minimum Gasteiger partial charge on any atom is -0.487 e. The molecule has 0 unspecified atom stereocenters. The number of aryl methyl sites for hydroxylation is 1. The maximum atomic E-state index is 13.1. The van der Waals surface area contributed by atoms with Crippen LogP contribution in [-0.2, 0) is 6.61 Å². The Bertz CT molecular complexity index is 1840. The van der Waals surface area contributed by atoms with Gasteiger partial charge in [-0.25, -0.2) is 9.48 Å². The summed E-state index contributed by atoms with van der Waals surface area (Å²) < 4.78 is 52.7. The summed E-state index contributed by atoms with van der Waals surface area (Å²) in [6.45, 7) is 5.87. The summed E-state index contributed by atoms with van der Waals surface area (Å²) in [5, 5.41) is 22.9. The maximum Gasteiger partial charge on any atom is 0.573 e. The number of rotatable bonds is 9. The van der Waals surface area contributed by atoms with Crippen LogP contribution in [0.25, 0.3) is 27.7 Å². The average Bonchev–Trinajstić information content (AvgIpc) is 3.58. The first-order chi connectivity index (χ1) is 20.5. The molecular weight excluding hydrogens is 563 g/mol. The summed E-state index contributed by atoms with van der Waals surface area (Å²) in [7, 11) is 0. The molecule has 3 aromatic carbocycles. The van der Waals surface area contributed by atoms with Crippen LogP contribution in [0.1, 0.15) is 66.1 Å². The van der Waals surface area contributed by atoms with Crippen LogP contribution in [0.2, 0.25) is 0 Å². The van der Waals surface area contributed by atoms with E-state index >= 15 is 0 Å². The van der Waals surface area contributed by atoms with Gasteiger partial charge in [-0.2, -0.15) is 5.10 Å². The number of hydrogen-bond acceptors (Lipinski definition) is 6. The second-order valence-corrected chi connectivity index (χ2v) is 10.8. The number of nitrogens with zero attached hydrogens (tertiary/aromatic N) is 5. The number of carboxylic acid groups (broad SMARTS) is 1. The van der Waals surface area contributed by atoms with Crippen LogP contribution in [0.5, 0.6) is 11.5 Å². The Morgan fingerprint density at radius 1 is 1.09 bits per heavy atom. The van der Waals surface area contributed by atoms with E-state index in [0.29, 0.717) is 22.5 Å². The summed E-state index contributed by atoms with van der Waals surface area (Å²) in [4.78, 5) is 11.7. The molecule has 0 amide bonds. The summed E-state index contributed by atoms with van der Waals surface area (Å²) in [6, 6.07) is 17.0. The van der Waals surface area contributed by atoms with Gasteiger partial charge in [-0.05, 0) is 86.7 Å². The van der Waals surface area contributed by atoms with E-state index in [2.05, 4.69) is 20.1 Å². The molecule has 2 aromatic heterocycles. The molecule has 1 fully saturated rings. The predicted molar refractivity (Wildman–Crippen MR) is 152 cm³/mol. The molecule has 0 radical (unpaired) electrons. The van der Waals surface area contributed by atoms with E-state index < -0.39 is 12.3 Å². The Labute approximate surface area is 244 Å². The molecule has 1 aliphatic carbocycles. The van der Waals surface area contributed by atoms with Gasteiger partial charge in [0.25, 0.3) is 0 Å². The molecule has 1 N–H and O–H groups in total. The number of aromatic carboxylic acids is 1. The van der Waals surface area contributed by atoms with E-state index in [0.717, 1.165) is 35.0 Å². The largest absolute Gasteiger partial charge is 0.573 e. The van der Waals surface area contributed by atoms with Crippen LogP contribution in [0.3, 0.4) is 0 Å². The highest BCUT2D eigenvalue weighted by Gasteiger charge is 2.34. The number of fused-ring (bicyclic) bond motifs is 1. The molecule has 222 valence electrons. The van der Waals surface area contributed by atoms with Crippen molar-refractivity contribution in [1.29, 1.82) is 0 Å². The van der Waals surface area contributed by atoms with E-state index in [1.807, 2.05) is 51.1 Å². The summed E-state index contributed by atoms with van der Waals surface area (Å²) in [6.07, 6.45) is -3.01. The second-order valence-electron chi connectivity index (χ2n) is 10.8. The van der Waals surface area contributed by atoms with Crippen LogP contribution in [0.15, 0.2) is 60.7 Å². The van der Waals surface area contributed by atoms with Gasteiger partial charge in [0.05, 0.1) is 11.2 Å². The highest BCUT2D eigenvalue weighted by atomic mass is 19.4. The Morgan fingerprint density at radius 2 is 1.86 bits per heavy atom. The van der Waals surface area contributed by atoms with Crippen molar-refractivity contribution in [1.82, 2.24) is 24.8 Å². The molecule has 5 aromatic rings. The first-order valence-corrected chi connectivity index (χ1v) is 13.8. The lowest BCUT2D eigenvalue weighted by Gasteiger charge is -2.15. The molecule has 0 atom stereocenters. The first-order valence-electron chi connectivity index (χ1n) is 13.8. The fourth-order valence-electron chi connectivity index (χ4n) is 5.22. The highest BCUT2D eigenvalue weighted by Crippen LogP contribution is 2.42. The van der Waals surface area contributed by atoms with E-state index in [1.165, 1.54) is 22.9 Å². The monoisotopic (exact) mass is 591 g/mol. The molecule has 2 heterocycles. The topological polar surface area (TPSA) is 104 Å². The van der Waals surface area contributed by atoms with Crippen molar-refractivity contribution in [2.45, 2.75) is 58.5 Å². The van der Waals surface area contributed by atoms with Crippen molar-refractivity contribution >= 4 is 16.9 Å². The van der Waals surface area contributed by atoms with Crippen LogP contribution < -0.4 is 9.47 Å². The minimum atomic E-state index is -4.86. The van der Waals surface area contributed by atoms with Gasteiger partial charge in [-0.15, -0.1) is 18.3 Å². The molecular formula is C31H28F3N5O4. The third kappa shape index (κ3) is 5.64. The van der Waals surface area contributed by atoms with Crippen molar-refractivity contribution in [3.63, 3.8) is 0 Å². The Balaban J connectivity index is 1.29. The van der Waals surface area contributed by atoms with E-state index in [1.54, 1.807) is 16.8 Å². The normalized spacial score (nSPS) is 13.6. The lowest BCUT2D eigenvalue weighted by Crippen LogP contribution is -2.19. The molecule has 0 saturated heterocycles. The predicted octanol–water partition coefficient (Wildman–Crippen LogP) is 7.23. The second kappa shape index (κ2) is 10.8. The Kier molecular flexibility index (Phi) is 7.07. The average molecular weight is 592 g/mol. The third-order valence-electron chi connectivity index (χ3n) is 7.36. The van der Waals surface area contributed by atoms with Crippen molar-refractivity contribution in [3.8, 4) is 28.3 Å². The van der Waals surface area contributed by atoms with Gasteiger partial charge in [0.1, 0.15) is 23.7 Å². The molecule has 0 bridgehead atoms. The van der Waals surface area contributed by atoms with E-state index in [-0.39, 0.29) is 35.7 Å². The van der Waals surface area contributed by atoms with Crippen molar-refractivity contribution in [2.75, 3.05) is 0 Å². The van der Waals surface area contributed by atoms with Crippen molar-refractivity contribution < 1.29 is 32.5 Å². The molecule has 12 heteroatoms. The lowest BCUT2D eigenvalue weighted by atomic mass is 9.99. The van der Waals surface area contributed by atoms with Gasteiger partial charge in [0.2, 0.25) is 0 Å². The molecule has 1 aliphatic rings. The van der Waals surface area contributed by atoms with Gasteiger partial charge in [-0.3, -0.25) is 4.68 Å². The first kappa shape index (κ1) is 28.3. The summed E-state index contributed by atoms with van der Waals surface area (Å²) in [5.41, 5.74) is 4.88. The van der Waals surface area contributed by atoms with Gasteiger partial charge in [0.15, 0.2) is 11.4 Å². The van der Waals surface area contributed by atoms with Gasteiger partial charge in [-0.1, -0.05) is 29.5 Å². The van der Waals surface area contributed by atoms with E-state index in [4.69, 9.17) is 4.74 Å². The number of para-hydroxylation sites is 2. The number of carbonyl (C=O) groups is 1. The molecule has 0 spiro atoms. The zero-order valence-corrected chi connectivity index (χ0v) is 23.6. The van der Waals surface area contributed by atoms with Crippen molar-refractivity contribution in [2.24, 2.45) is 0 Å². The van der Waals surface area contributed by atoms with Crippen LogP contribution in [0, 0.1) is 6.92 Å². The quantitative estimate of drug-likeness (QED) is 0.193. The smallest absolute Gasteiger partial charge is 0.487 e. The maximum absolute atomic E-state index is 13.1. The SMILES string of the molecule is Cc1cc(OCc2c(C3CC3)nnn2-c2ccccc2OC(F)(F)F)ccc1-c1ccc2c(C(=O)O)nn(C(C)C)c2c1. The van der Waals surface area contributed by atoms with Crippen molar-refractivity contribution in [3.05, 3.63) is 83.3 Å². The summed E-state index contributed by atoms with van der Waals surface area (Å²) >= 11 is 0. The van der Waals surface area contributed by atoms with Gasteiger partial charge in [0, 0.05) is 17.3 Å². The lowest BCUT2D eigenvalue weighted by molar-refractivity contribution is -0.274. The zero-order chi connectivity index (χ0) is 30.5. The van der Waals surface area contributed by atoms with Crippen LogP contribution in [-0.4, -0.2) is 42.2 Å². The molecule has 9 nitrogen and oxygen atoms in total. The van der Waals surface area contributed by atoms with E-state index in [9.17, 15) is 23.1 Å². The standard InChI is InChI=1S/C31H28F3N5O4/c1-17(2)38-25-15-20(10-12-23(25)29(36-38)30(40)41)22-13-11-21(14-18(22)3)42-16-26-28(19-8-9-19)35-37-39(26)24-6-4-5-7-27(24)43-31(32,33)34/h4-7,10-15,17,19H,8-9,16H2,1-3H3,(H,40,41). The fraction of sp³-hybridized carbons (Fsp3) is 0.290. The number of aromatic nitrogens is 5. The highest BCUT2D eigenvalue weighted by molar-refractivity contribution is 6.02. The van der Waals surface area contributed by atoms with Crippen LogP contribution >= 0.6 is 0 Å². The number of benzene rings is 3. The fourth-order valence-corrected chi connectivity index (χ4v) is 5.22. The number of carboxylic acids is 1. The molecule has 6 rings (SSSR count). The van der Waals surface area contributed by atoms with Crippen LogP contribution in [0.4, 0.5) is 13.2 Å². The molecule has 43 heavy (non-hydrogen) atoms.